The van der Waals surface area contributed by atoms with E-state index in [0.29, 0.717) is 6.42 Å². The zero-order chi connectivity index (χ0) is 12.9. The van der Waals surface area contributed by atoms with Crippen molar-refractivity contribution in [1.82, 2.24) is 5.32 Å². The van der Waals surface area contributed by atoms with Gasteiger partial charge in [-0.05, 0) is 33.1 Å². The highest BCUT2D eigenvalue weighted by Gasteiger charge is 2.23. The molecule has 4 nitrogen and oxygen atoms in total. The van der Waals surface area contributed by atoms with E-state index in [1.54, 1.807) is 0 Å². The van der Waals surface area contributed by atoms with Crippen LogP contribution in [-0.4, -0.2) is 22.5 Å². The number of carbonyl (C=O) groups is 2. The van der Waals surface area contributed by atoms with Gasteiger partial charge in [-0.25, -0.2) is 0 Å². The summed E-state index contributed by atoms with van der Waals surface area (Å²) >= 11 is 0. The van der Waals surface area contributed by atoms with Crippen LogP contribution in [0.3, 0.4) is 0 Å². The van der Waals surface area contributed by atoms with Gasteiger partial charge in [0.25, 0.3) is 0 Å². The van der Waals surface area contributed by atoms with Gasteiger partial charge in [0, 0.05) is 12.0 Å². The van der Waals surface area contributed by atoms with Gasteiger partial charge in [0.15, 0.2) is 0 Å². The van der Waals surface area contributed by atoms with Crippen molar-refractivity contribution in [2.24, 2.45) is 11.8 Å². The lowest BCUT2D eigenvalue weighted by molar-refractivity contribution is -0.143. The largest absolute Gasteiger partial charge is 0.481 e. The maximum absolute atomic E-state index is 11.5. The van der Waals surface area contributed by atoms with Crippen LogP contribution in [0.15, 0.2) is 0 Å². The van der Waals surface area contributed by atoms with Crippen LogP contribution in [0.1, 0.15) is 47.5 Å². The second-order valence-corrected chi connectivity index (χ2v) is 5.53. The minimum atomic E-state index is -0.821. The minimum Gasteiger partial charge on any atom is -0.481 e. The standard InChI is InChI=1S/C12H23NO3/c1-8(2)9(11(15)16)6-7-10(14)13-12(3,4)5/h8-9H,6-7H2,1-5H3,(H,13,14)(H,15,16). The van der Waals surface area contributed by atoms with E-state index >= 15 is 0 Å². The maximum atomic E-state index is 11.5. The lowest BCUT2D eigenvalue weighted by Crippen LogP contribution is -2.40. The van der Waals surface area contributed by atoms with Crippen molar-refractivity contribution in [1.29, 1.82) is 0 Å². The first-order chi connectivity index (χ1) is 7.13. The molecule has 2 N–H and O–H groups in total. The van der Waals surface area contributed by atoms with Crippen molar-refractivity contribution in [3.8, 4) is 0 Å². The van der Waals surface area contributed by atoms with E-state index in [4.69, 9.17) is 5.11 Å². The molecule has 1 unspecified atom stereocenters. The monoisotopic (exact) mass is 229 g/mol. The van der Waals surface area contributed by atoms with Crippen molar-refractivity contribution in [2.75, 3.05) is 0 Å². The molecule has 0 aliphatic rings. The Hall–Kier alpha value is -1.06. The molecular formula is C12H23NO3. The topological polar surface area (TPSA) is 66.4 Å². The number of carboxylic acids is 1. The van der Waals surface area contributed by atoms with Gasteiger partial charge < -0.3 is 10.4 Å². The fraction of sp³-hybridized carbons (Fsp3) is 0.833. The molecule has 0 aromatic carbocycles. The number of hydrogen-bond donors (Lipinski definition) is 2. The molecule has 4 heteroatoms. The third kappa shape index (κ3) is 6.43. The van der Waals surface area contributed by atoms with Crippen LogP contribution in [-0.2, 0) is 9.59 Å². The Labute approximate surface area is 97.4 Å². The molecule has 0 aliphatic carbocycles. The van der Waals surface area contributed by atoms with Crippen LogP contribution in [0.4, 0.5) is 0 Å². The molecule has 16 heavy (non-hydrogen) atoms. The van der Waals surface area contributed by atoms with Crippen LogP contribution in [0.2, 0.25) is 0 Å². The van der Waals surface area contributed by atoms with Crippen molar-refractivity contribution < 1.29 is 14.7 Å². The third-order valence-electron chi connectivity index (χ3n) is 2.32. The zero-order valence-electron chi connectivity index (χ0n) is 10.8. The molecule has 94 valence electrons. The lowest BCUT2D eigenvalue weighted by Gasteiger charge is -2.21. The van der Waals surface area contributed by atoms with E-state index < -0.39 is 11.9 Å². The second-order valence-electron chi connectivity index (χ2n) is 5.53. The van der Waals surface area contributed by atoms with E-state index in [1.165, 1.54) is 0 Å². The highest BCUT2D eigenvalue weighted by atomic mass is 16.4. The average Bonchev–Trinajstić information content (AvgIpc) is 1.98. The number of amides is 1. The molecule has 0 radical (unpaired) electrons. The molecule has 0 aliphatic heterocycles. The van der Waals surface area contributed by atoms with Crippen LogP contribution >= 0.6 is 0 Å². The summed E-state index contributed by atoms with van der Waals surface area (Å²) in [4.78, 5) is 22.4. The Balaban J connectivity index is 4.12. The highest BCUT2D eigenvalue weighted by Crippen LogP contribution is 2.17. The molecule has 0 rings (SSSR count). The van der Waals surface area contributed by atoms with Crippen molar-refractivity contribution in [3.05, 3.63) is 0 Å². The number of rotatable bonds is 5. The van der Waals surface area contributed by atoms with Gasteiger partial charge in [-0.15, -0.1) is 0 Å². The van der Waals surface area contributed by atoms with Crippen LogP contribution in [0.5, 0.6) is 0 Å². The number of nitrogens with one attached hydrogen (secondary N) is 1. The third-order valence-corrected chi connectivity index (χ3v) is 2.32. The zero-order valence-corrected chi connectivity index (χ0v) is 10.8. The molecule has 0 aromatic rings. The second kappa shape index (κ2) is 5.87. The van der Waals surface area contributed by atoms with Gasteiger partial charge >= 0.3 is 5.97 Å². The van der Waals surface area contributed by atoms with E-state index in [-0.39, 0.29) is 23.8 Å². The molecule has 0 spiro atoms. The summed E-state index contributed by atoms with van der Waals surface area (Å²) in [5.74, 6) is -1.29. The predicted octanol–water partition coefficient (Wildman–Crippen LogP) is 2.04. The van der Waals surface area contributed by atoms with Crippen LogP contribution in [0, 0.1) is 11.8 Å². The van der Waals surface area contributed by atoms with Gasteiger partial charge in [-0.3, -0.25) is 9.59 Å². The number of carboxylic acid groups (broad SMARTS) is 1. The normalized spacial score (nSPS) is 13.6. The van der Waals surface area contributed by atoms with E-state index in [9.17, 15) is 9.59 Å². The maximum Gasteiger partial charge on any atom is 0.306 e. The van der Waals surface area contributed by atoms with Gasteiger partial charge in [0.1, 0.15) is 0 Å². The fourth-order valence-corrected chi connectivity index (χ4v) is 1.51. The number of hydrogen-bond acceptors (Lipinski definition) is 2. The summed E-state index contributed by atoms with van der Waals surface area (Å²) in [5.41, 5.74) is -0.256. The molecular weight excluding hydrogens is 206 g/mol. The Morgan fingerprint density at radius 2 is 1.75 bits per heavy atom. The molecule has 1 atom stereocenters. The molecule has 0 fully saturated rings. The van der Waals surface area contributed by atoms with Gasteiger partial charge in [0.05, 0.1) is 5.92 Å². The summed E-state index contributed by atoms with van der Waals surface area (Å²) in [5, 5.41) is 11.8. The van der Waals surface area contributed by atoms with E-state index in [1.807, 2.05) is 34.6 Å². The summed E-state index contributed by atoms with van der Waals surface area (Å²) in [6, 6.07) is 0. The molecule has 0 aromatic heterocycles. The molecule has 0 heterocycles. The van der Waals surface area contributed by atoms with E-state index in [2.05, 4.69) is 5.32 Å². The first-order valence-electron chi connectivity index (χ1n) is 5.67. The summed E-state index contributed by atoms with van der Waals surface area (Å²) in [7, 11) is 0. The van der Waals surface area contributed by atoms with Crippen molar-refractivity contribution >= 4 is 11.9 Å². The van der Waals surface area contributed by atoms with E-state index in [0.717, 1.165) is 0 Å². The summed E-state index contributed by atoms with van der Waals surface area (Å²) in [6.45, 7) is 9.44. The molecule has 0 saturated heterocycles. The Morgan fingerprint density at radius 3 is 2.06 bits per heavy atom. The minimum absolute atomic E-state index is 0.0555. The Kier molecular flexibility index (Phi) is 5.48. The first-order valence-corrected chi connectivity index (χ1v) is 5.67. The summed E-state index contributed by atoms with van der Waals surface area (Å²) < 4.78 is 0. The number of carbonyl (C=O) groups excluding carboxylic acids is 1. The highest BCUT2D eigenvalue weighted by molar-refractivity contribution is 5.78. The lowest BCUT2D eigenvalue weighted by atomic mass is 9.91. The van der Waals surface area contributed by atoms with Gasteiger partial charge in [0.2, 0.25) is 5.91 Å². The molecule has 0 bridgehead atoms. The van der Waals surface area contributed by atoms with Crippen molar-refractivity contribution in [2.45, 2.75) is 53.0 Å². The average molecular weight is 229 g/mol. The van der Waals surface area contributed by atoms with Crippen LogP contribution < -0.4 is 5.32 Å². The Bertz CT molecular complexity index is 253. The van der Waals surface area contributed by atoms with Gasteiger partial charge in [-0.1, -0.05) is 13.8 Å². The van der Waals surface area contributed by atoms with Crippen LogP contribution in [0.25, 0.3) is 0 Å². The predicted molar refractivity (Wildman–Crippen MR) is 63.1 cm³/mol. The van der Waals surface area contributed by atoms with Gasteiger partial charge in [-0.2, -0.15) is 0 Å². The Morgan fingerprint density at radius 1 is 1.25 bits per heavy atom. The van der Waals surface area contributed by atoms with Crippen molar-refractivity contribution in [3.63, 3.8) is 0 Å². The number of aliphatic carboxylic acids is 1. The summed E-state index contributed by atoms with van der Waals surface area (Å²) in [6.07, 6.45) is 0.668. The quantitative estimate of drug-likeness (QED) is 0.758. The molecule has 0 saturated carbocycles. The molecule has 1 amide bonds. The fourth-order valence-electron chi connectivity index (χ4n) is 1.51. The smallest absolute Gasteiger partial charge is 0.306 e. The SMILES string of the molecule is CC(C)C(CCC(=O)NC(C)(C)C)C(=O)O. The first kappa shape index (κ1) is 14.9.